The zero-order chi connectivity index (χ0) is 22.6. The maximum Gasteiger partial charge on any atom is 0.175 e. The Labute approximate surface area is 201 Å². The minimum absolute atomic E-state index is 0.295. The Morgan fingerprint density at radius 2 is 1.66 bits per heavy atom. The van der Waals surface area contributed by atoms with E-state index in [1.54, 1.807) is 7.11 Å². The molecule has 6 rings (SSSR count). The van der Waals surface area contributed by atoms with E-state index in [2.05, 4.69) is 78.4 Å². The lowest BCUT2D eigenvalue weighted by molar-refractivity contribution is -0.118. The molecule has 4 fully saturated rings. The molecule has 3 nitrogen and oxygen atoms in total. The summed E-state index contributed by atoms with van der Waals surface area (Å²) in [5.41, 5.74) is 4.98. The summed E-state index contributed by atoms with van der Waals surface area (Å²) in [6.45, 7) is 8.56. The Balaban J connectivity index is 1.30. The van der Waals surface area contributed by atoms with Crippen LogP contribution in [0.3, 0.4) is 0 Å². The average molecular weight is 499 g/mol. The molecule has 2 aromatic rings. The first-order valence-corrected chi connectivity index (χ1v) is 12.8. The summed E-state index contributed by atoms with van der Waals surface area (Å²) in [6.07, 6.45) is 8.25. The van der Waals surface area contributed by atoms with Gasteiger partial charge in [0.2, 0.25) is 0 Å². The van der Waals surface area contributed by atoms with Gasteiger partial charge in [-0.1, -0.05) is 43.7 Å². The van der Waals surface area contributed by atoms with Crippen LogP contribution < -0.4 is 14.8 Å². The second kappa shape index (κ2) is 8.06. The summed E-state index contributed by atoms with van der Waals surface area (Å²) in [5, 5.41) is 4.04. The van der Waals surface area contributed by atoms with Gasteiger partial charge in [0.1, 0.15) is 6.61 Å². The van der Waals surface area contributed by atoms with Crippen molar-refractivity contribution in [2.45, 2.75) is 78.0 Å². The van der Waals surface area contributed by atoms with Crippen molar-refractivity contribution in [2.75, 3.05) is 7.11 Å². The number of hydrogen-bond donors (Lipinski definition) is 1. The van der Waals surface area contributed by atoms with E-state index >= 15 is 0 Å². The van der Waals surface area contributed by atoms with Gasteiger partial charge >= 0.3 is 0 Å². The van der Waals surface area contributed by atoms with E-state index in [0.29, 0.717) is 23.0 Å². The number of ether oxygens (including phenoxy) is 2. The van der Waals surface area contributed by atoms with E-state index < -0.39 is 0 Å². The number of nitrogens with one attached hydrogen (secondary N) is 1. The summed E-state index contributed by atoms with van der Waals surface area (Å²) < 4.78 is 12.8. The Bertz CT molecular complexity index is 983. The maximum atomic E-state index is 6.15. The molecule has 0 aliphatic heterocycles. The molecule has 4 bridgehead atoms. The third-order valence-electron chi connectivity index (χ3n) is 8.09. The van der Waals surface area contributed by atoms with Crippen molar-refractivity contribution < 1.29 is 9.47 Å². The minimum atomic E-state index is 0.295. The van der Waals surface area contributed by atoms with Crippen LogP contribution in [0.1, 0.15) is 69.1 Å². The van der Waals surface area contributed by atoms with Crippen molar-refractivity contribution in [3.63, 3.8) is 0 Å². The lowest BCUT2D eigenvalue weighted by atomic mass is 9.43. The first-order valence-electron chi connectivity index (χ1n) is 12.0. The lowest BCUT2D eigenvalue weighted by Crippen LogP contribution is -2.63. The van der Waals surface area contributed by atoms with Gasteiger partial charge in [0, 0.05) is 12.1 Å². The molecule has 4 aliphatic rings. The van der Waals surface area contributed by atoms with Crippen LogP contribution in [0.2, 0.25) is 0 Å². The number of rotatable bonds is 7. The van der Waals surface area contributed by atoms with Gasteiger partial charge in [-0.05, 0) is 101 Å². The van der Waals surface area contributed by atoms with Crippen molar-refractivity contribution >= 4 is 15.9 Å². The van der Waals surface area contributed by atoms with E-state index in [1.165, 1.54) is 49.7 Å². The molecular formula is C28H36BrNO2. The van der Waals surface area contributed by atoms with Gasteiger partial charge in [-0.2, -0.15) is 0 Å². The topological polar surface area (TPSA) is 30.5 Å². The summed E-state index contributed by atoms with van der Waals surface area (Å²) in [4.78, 5) is 0. The molecule has 0 amide bonds. The Morgan fingerprint density at radius 1 is 0.969 bits per heavy atom. The lowest BCUT2D eigenvalue weighted by Gasteiger charge is -2.65. The molecule has 4 atom stereocenters. The first-order chi connectivity index (χ1) is 15.2. The molecule has 172 valence electrons. The van der Waals surface area contributed by atoms with Crippen LogP contribution in [0, 0.1) is 23.7 Å². The SMILES string of the molecule is COc1cc(CNC23CC4C[C@@](C)(C2)C[C@](C)(C4)C3)cc(Br)c1OCc1ccc(C)cc1. The van der Waals surface area contributed by atoms with Gasteiger partial charge in [-0.15, -0.1) is 0 Å². The van der Waals surface area contributed by atoms with Crippen LogP contribution in [0.25, 0.3) is 0 Å². The highest BCUT2D eigenvalue weighted by atomic mass is 79.9. The van der Waals surface area contributed by atoms with Crippen molar-refractivity contribution in [3.8, 4) is 11.5 Å². The molecule has 2 unspecified atom stereocenters. The van der Waals surface area contributed by atoms with Crippen LogP contribution >= 0.6 is 15.9 Å². The molecule has 0 saturated heterocycles. The molecule has 2 aromatic carbocycles. The average Bonchev–Trinajstić information content (AvgIpc) is 2.70. The van der Waals surface area contributed by atoms with Crippen LogP contribution in [-0.4, -0.2) is 12.6 Å². The smallest absolute Gasteiger partial charge is 0.175 e. The summed E-state index contributed by atoms with van der Waals surface area (Å²) in [7, 11) is 1.72. The summed E-state index contributed by atoms with van der Waals surface area (Å²) >= 11 is 3.74. The maximum absolute atomic E-state index is 6.15. The molecule has 4 saturated carbocycles. The third kappa shape index (κ3) is 4.33. The zero-order valence-electron chi connectivity index (χ0n) is 19.9. The van der Waals surface area contributed by atoms with Gasteiger partial charge < -0.3 is 14.8 Å². The standard InChI is InChI=1S/C28H36BrNO2/c1-19-5-7-20(8-6-19)15-32-25-23(29)9-21(10-24(25)31-4)14-30-28-13-22-11-26(2,17-28)16-27(3,12-22)18-28/h5-10,22,30H,11-18H2,1-4H3/t22?,26-,27+,28?. The molecule has 1 N–H and O–H groups in total. The fraction of sp³-hybridized carbons (Fsp3) is 0.571. The van der Waals surface area contributed by atoms with E-state index in [9.17, 15) is 0 Å². The quantitative estimate of drug-likeness (QED) is 0.439. The fourth-order valence-corrected chi connectivity index (χ4v) is 8.39. The number of methoxy groups -OCH3 is 1. The van der Waals surface area contributed by atoms with E-state index in [0.717, 1.165) is 34.0 Å². The second-order valence-corrected chi connectivity index (χ2v) is 12.5. The molecular weight excluding hydrogens is 462 g/mol. The van der Waals surface area contributed by atoms with Gasteiger partial charge in [0.05, 0.1) is 11.6 Å². The Morgan fingerprint density at radius 3 is 2.28 bits per heavy atom. The van der Waals surface area contributed by atoms with Crippen LogP contribution in [-0.2, 0) is 13.2 Å². The predicted molar refractivity (Wildman–Crippen MR) is 133 cm³/mol. The van der Waals surface area contributed by atoms with Gasteiger partial charge in [0.15, 0.2) is 11.5 Å². The highest BCUT2D eigenvalue weighted by molar-refractivity contribution is 9.10. The second-order valence-electron chi connectivity index (χ2n) is 11.6. The zero-order valence-corrected chi connectivity index (χ0v) is 21.5. The molecule has 0 spiro atoms. The Hall–Kier alpha value is -1.52. The molecule has 0 heterocycles. The number of hydrogen-bond acceptors (Lipinski definition) is 3. The van der Waals surface area contributed by atoms with Crippen molar-refractivity contribution in [1.29, 1.82) is 0 Å². The van der Waals surface area contributed by atoms with E-state index in [1.807, 2.05) is 0 Å². The molecule has 4 heteroatoms. The van der Waals surface area contributed by atoms with E-state index in [4.69, 9.17) is 9.47 Å². The van der Waals surface area contributed by atoms with Crippen molar-refractivity contribution in [2.24, 2.45) is 16.7 Å². The molecule has 0 aromatic heterocycles. The molecule has 4 aliphatic carbocycles. The van der Waals surface area contributed by atoms with Crippen LogP contribution in [0.4, 0.5) is 0 Å². The first kappa shape index (κ1) is 22.3. The minimum Gasteiger partial charge on any atom is -0.493 e. The normalized spacial score (nSPS) is 32.8. The predicted octanol–water partition coefficient (Wildman–Crippen LogP) is 7.18. The highest BCUT2D eigenvalue weighted by Crippen LogP contribution is 2.66. The van der Waals surface area contributed by atoms with Gasteiger partial charge in [-0.3, -0.25) is 0 Å². The number of halogens is 1. The van der Waals surface area contributed by atoms with Gasteiger partial charge in [-0.25, -0.2) is 0 Å². The van der Waals surface area contributed by atoms with Gasteiger partial charge in [0.25, 0.3) is 0 Å². The summed E-state index contributed by atoms with van der Waals surface area (Å²) in [5.74, 6) is 2.45. The Kier molecular flexibility index (Phi) is 5.61. The number of aryl methyl sites for hydroxylation is 1. The highest BCUT2D eigenvalue weighted by Gasteiger charge is 2.59. The third-order valence-corrected chi connectivity index (χ3v) is 8.68. The van der Waals surface area contributed by atoms with Crippen molar-refractivity contribution in [1.82, 2.24) is 5.32 Å². The van der Waals surface area contributed by atoms with Crippen molar-refractivity contribution in [3.05, 3.63) is 57.6 Å². The monoisotopic (exact) mass is 497 g/mol. The van der Waals surface area contributed by atoms with E-state index in [-0.39, 0.29) is 0 Å². The van der Waals surface area contributed by atoms with Crippen LogP contribution in [0.5, 0.6) is 11.5 Å². The summed E-state index contributed by atoms with van der Waals surface area (Å²) in [6, 6.07) is 12.8. The molecule has 32 heavy (non-hydrogen) atoms. The fourth-order valence-electron chi connectivity index (χ4n) is 7.79. The van der Waals surface area contributed by atoms with Crippen LogP contribution in [0.15, 0.2) is 40.9 Å². The molecule has 0 radical (unpaired) electrons. The largest absolute Gasteiger partial charge is 0.493 e. The number of benzene rings is 2.